The first-order valence-corrected chi connectivity index (χ1v) is 3.01. The van der Waals surface area contributed by atoms with E-state index in [0.717, 1.165) is 6.08 Å². The Morgan fingerprint density at radius 1 is 1.64 bits per heavy atom. The number of ether oxygens (including phenoxy) is 1. The molecule has 11 heavy (non-hydrogen) atoms. The van der Waals surface area contributed by atoms with Crippen LogP contribution in [0.2, 0.25) is 0 Å². The van der Waals surface area contributed by atoms with Crippen LogP contribution in [0.1, 0.15) is 0 Å². The van der Waals surface area contributed by atoms with Gasteiger partial charge >= 0.3 is 0 Å². The molecule has 5 heteroatoms. The molecular weight excluding hydrogens is 152 g/mol. The largest absolute Gasteiger partial charge is 0.363 e. The standard InChI is InChI=1S/C6H8O5/c7-4-2-1-3-11-6(4,10)5(8)9/h1-2,5,8-10H,3H2. The molecule has 1 aliphatic heterocycles. The SMILES string of the molecule is O=C1C=CCOC1(O)C(O)O. The van der Waals surface area contributed by atoms with Crippen molar-refractivity contribution in [1.82, 2.24) is 0 Å². The number of rotatable bonds is 1. The molecule has 1 heterocycles. The highest BCUT2D eigenvalue weighted by molar-refractivity contribution is 5.96. The molecule has 0 saturated carbocycles. The molecule has 62 valence electrons. The van der Waals surface area contributed by atoms with Crippen molar-refractivity contribution >= 4 is 5.78 Å². The highest BCUT2D eigenvalue weighted by Gasteiger charge is 2.43. The first kappa shape index (κ1) is 8.35. The maximum absolute atomic E-state index is 10.8. The van der Waals surface area contributed by atoms with Gasteiger partial charge in [-0.3, -0.25) is 4.79 Å². The van der Waals surface area contributed by atoms with Gasteiger partial charge in [0.15, 0.2) is 0 Å². The van der Waals surface area contributed by atoms with Crippen molar-refractivity contribution < 1.29 is 24.9 Å². The Morgan fingerprint density at radius 2 is 2.27 bits per heavy atom. The lowest BCUT2D eigenvalue weighted by Gasteiger charge is -2.28. The average molecular weight is 160 g/mol. The first-order chi connectivity index (χ1) is 5.07. The molecule has 0 aliphatic carbocycles. The Balaban J connectivity index is 2.85. The van der Waals surface area contributed by atoms with Crippen molar-refractivity contribution in [2.45, 2.75) is 12.1 Å². The second kappa shape index (κ2) is 2.71. The predicted octanol–water partition coefficient (Wildman–Crippen LogP) is -1.86. The van der Waals surface area contributed by atoms with Gasteiger partial charge in [-0.1, -0.05) is 6.08 Å². The molecule has 1 atom stereocenters. The van der Waals surface area contributed by atoms with Crippen molar-refractivity contribution in [2.75, 3.05) is 6.61 Å². The summed E-state index contributed by atoms with van der Waals surface area (Å²) < 4.78 is 4.46. The Kier molecular flexibility index (Phi) is 2.05. The summed E-state index contributed by atoms with van der Waals surface area (Å²) in [6.45, 7) is -0.0140. The van der Waals surface area contributed by atoms with Crippen molar-refractivity contribution in [3.63, 3.8) is 0 Å². The van der Waals surface area contributed by atoms with E-state index in [2.05, 4.69) is 4.74 Å². The molecule has 5 nitrogen and oxygen atoms in total. The Hall–Kier alpha value is -0.750. The lowest BCUT2D eigenvalue weighted by atomic mass is 10.1. The minimum Gasteiger partial charge on any atom is -0.363 e. The molecule has 0 spiro atoms. The van der Waals surface area contributed by atoms with Crippen molar-refractivity contribution in [2.24, 2.45) is 0 Å². The third kappa shape index (κ3) is 1.31. The van der Waals surface area contributed by atoms with Crippen molar-refractivity contribution in [3.8, 4) is 0 Å². The Labute approximate surface area is 62.5 Å². The third-order valence-electron chi connectivity index (χ3n) is 1.37. The number of aliphatic hydroxyl groups is 3. The second-order valence-electron chi connectivity index (χ2n) is 2.15. The number of ketones is 1. The molecule has 0 radical (unpaired) electrons. The molecule has 1 unspecified atom stereocenters. The van der Waals surface area contributed by atoms with Gasteiger partial charge in [-0.05, 0) is 6.08 Å². The summed E-state index contributed by atoms with van der Waals surface area (Å²) >= 11 is 0. The normalized spacial score (nSPS) is 31.5. The number of hydrogen-bond donors (Lipinski definition) is 3. The van der Waals surface area contributed by atoms with Crippen LogP contribution in [0.15, 0.2) is 12.2 Å². The number of carbonyl (C=O) groups excluding carboxylic acids is 1. The molecule has 0 saturated heterocycles. The molecule has 0 amide bonds. The van der Waals surface area contributed by atoms with Gasteiger partial charge in [-0.25, -0.2) is 0 Å². The minimum absolute atomic E-state index is 0.0140. The smallest absolute Gasteiger partial charge is 0.283 e. The van der Waals surface area contributed by atoms with Crippen LogP contribution in [0.5, 0.6) is 0 Å². The minimum atomic E-state index is -2.48. The molecule has 3 N–H and O–H groups in total. The van der Waals surface area contributed by atoms with Gasteiger partial charge in [0.25, 0.3) is 5.79 Å². The monoisotopic (exact) mass is 160 g/mol. The summed E-state index contributed by atoms with van der Waals surface area (Å²) in [6.07, 6.45) is 0.210. The molecule has 0 aromatic heterocycles. The van der Waals surface area contributed by atoms with E-state index in [0.29, 0.717) is 0 Å². The van der Waals surface area contributed by atoms with Crippen LogP contribution in [-0.2, 0) is 9.53 Å². The van der Waals surface area contributed by atoms with Crippen LogP contribution in [0.25, 0.3) is 0 Å². The lowest BCUT2D eigenvalue weighted by molar-refractivity contribution is -0.288. The quantitative estimate of drug-likeness (QED) is 0.391. The fourth-order valence-electron chi connectivity index (χ4n) is 0.723. The summed E-state index contributed by atoms with van der Waals surface area (Å²) in [5.74, 6) is -3.34. The number of aliphatic hydroxyl groups excluding tert-OH is 1. The van der Waals surface area contributed by atoms with Crippen LogP contribution in [-0.4, -0.2) is 39.8 Å². The van der Waals surface area contributed by atoms with Gasteiger partial charge in [0.05, 0.1) is 6.61 Å². The number of carbonyl (C=O) groups is 1. The van der Waals surface area contributed by atoms with Gasteiger partial charge in [-0.15, -0.1) is 0 Å². The molecule has 0 bridgehead atoms. The molecule has 0 aromatic rings. The zero-order chi connectivity index (χ0) is 8.48. The van der Waals surface area contributed by atoms with Gasteiger partial charge in [-0.2, -0.15) is 0 Å². The molecule has 0 fully saturated rings. The van der Waals surface area contributed by atoms with Crippen molar-refractivity contribution in [1.29, 1.82) is 0 Å². The fraction of sp³-hybridized carbons (Fsp3) is 0.500. The molecule has 1 rings (SSSR count). The van der Waals surface area contributed by atoms with Gasteiger partial charge < -0.3 is 20.1 Å². The average Bonchev–Trinajstić information content (AvgIpc) is 1.95. The summed E-state index contributed by atoms with van der Waals surface area (Å²) in [6, 6.07) is 0. The maximum atomic E-state index is 10.8. The van der Waals surface area contributed by atoms with E-state index in [1.165, 1.54) is 6.08 Å². The van der Waals surface area contributed by atoms with Crippen LogP contribution in [0, 0.1) is 0 Å². The van der Waals surface area contributed by atoms with E-state index in [-0.39, 0.29) is 6.61 Å². The van der Waals surface area contributed by atoms with Gasteiger partial charge in [0, 0.05) is 0 Å². The summed E-state index contributed by atoms with van der Waals surface area (Å²) in [5, 5.41) is 26.2. The number of hydrogen-bond acceptors (Lipinski definition) is 5. The van der Waals surface area contributed by atoms with Gasteiger partial charge in [0.2, 0.25) is 12.1 Å². The molecular formula is C6H8O5. The zero-order valence-electron chi connectivity index (χ0n) is 5.60. The third-order valence-corrected chi connectivity index (χ3v) is 1.37. The second-order valence-corrected chi connectivity index (χ2v) is 2.15. The van der Waals surface area contributed by atoms with E-state index < -0.39 is 17.9 Å². The highest BCUT2D eigenvalue weighted by Crippen LogP contribution is 2.16. The summed E-state index contributed by atoms with van der Waals surface area (Å²) in [5.41, 5.74) is 0. The zero-order valence-corrected chi connectivity index (χ0v) is 5.60. The van der Waals surface area contributed by atoms with E-state index in [1.54, 1.807) is 0 Å². The van der Waals surface area contributed by atoms with Crippen LogP contribution < -0.4 is 0 Å². The molecule has 0 aromatic carbocycles. The van der Waals surface area contributed by atoms with Crippen LogP contribution in [0.4, 0.5) is 0 Å². The van der Waals surface area contributed by atoms with Crippen LogP contribution >= 0.6 is 0 Å². The Bertz CT molecular complexity index is 197. The van der Waals surface area contributed by atoms with Gasteiger partial charge in [0.1, 0.15) is 0 Å². The maximum Gasteiger partial charge on any atom is 0.283 e. The van der Waals surface area contributed by atoms with E-state index in [9.17, 15) is 4.79 Å². The van der Waals surface area contributed by atoms with E-state index >= 15 is 0 Å². The lowest BCUT2D eigenvalue weighted by Crippen LogP contribution is -2.52. The van der Waals surface area contributed by atoms with Crippen LogP contribution in [0.3, 0.4) is 0 Å². The van der Waals surface area contributed by atoms with Crippen molar-refractivity contribution in [3.05, 3.63) is 12.2 Å². The van der Waals surface area contributed by atoms with E-state index in [4.69, 9.17) is 15.3 Å². The topological polar surface area (TPSA) is 87.0 Å². The summed E-state index contributed by atoms with van der Waals surface area (Å²) in [7, 11) is 0. The fourth-order valence-corrected chi connectivity index (χ4v) is 0.723. The Morgan fingerprint density at radius 3 is 2.64 bits per heavy atom. The predicted molar refractivity (Wildman–Crippen MR) is 33.3 cm³/mol. The first-order valence-electron chi connectivity index (χ1n) is 3.01. The molecule has 1 aliphatic rings. The van der Waals surface area contributed by atoms with E-state index in [1.807, 2.05) is 0 Å². The summed E-state index contributed by atoms with van der Waals surface area (Å²) in [4.78, 5) is 10.8. The highest BCUT2D eigenvalue weighted by atomic mass is 16.7.